The number of piperidine rings is 1. The van der Waals surface area contributed by atoms with Gasteiger partial charge in [0.05, 0.1) is 6.33 Å². The van der Waals surface area contributed by atoms with Crippen LogP contribution >= 0.6 is 0 Å². The Morgan fingerprint density at radius 2 is 1.85 bits per heavy atom. The third-order valence-corrected chi connectivity index (χ3v) is 4.95. The van der Waals surface area contributed by atoms with Gasteiger partial charge in [0.15, 0.2) is 5.65 Å². The number of carbonyl (C=O) groups is 1. The fourth-order valence-corrected chi connectivity index (χ4v) is 3.73. The molecule has 2 amide bonds. The van der Waals surface area contributed by atoms with E-state index < -0.39 is 0 Å². The lowest BCUT2D eigenvalue weighted by Gasteiger charge is -2.32. The van der Waals surface area contributed by atoms with Gasteiger partial charge in [-0.15, -0.1) is 0 Å². The van der Waals surface area contributed by atoms with Crippen LogP contribution in [0, 0.1) is 13.8 Å². The highest BCUT2D eigenvalue weighted by atomic mass is 16.2. The van der Waals surface area contributed by atoms with E-state index in [9.17, 15) is 4.79 Å². The molecule has 0 atom stereocenters. The Morgan fingerprint density at radius 3 is 2.58 bits per heavy atom. The molecule has 0 unspecified atom stereocenters. The number of nitrogens with one attached hydrogen (secondary N) is 1. The van der Waals surface area contributed by atoms with Crippen molar-refractivity contribution in [2.24, 2.45) is 0 Å². The number of hydrogen-bond donors (Lipinski definition) is 1. The SMILES string of the molecule is Cc1cc(C)cc(NC(=O)N2CCC(n3cnc4cccnc43)CC2)c1. The molecule has 3 aromatic rings. The minimum atomic E-state index is -0.0259. The molecular weight excluding hydrogens is 326 g/mol. The molecule has 0 saturated carbocycles. The van der Waals surface area contributed by atoms with E-state index in [-0.39, 0.29) is 6.03 Å². The van der Waals surface area contributed by atoms with Crippen molar-refractivity contribution in [3.05, 3.63) is 54.0 Å². The van der Waals surface area contributed by atoms with Crippen LogP contribution in [0.25, 0.3) is 11.2 Å². The van der Waals surface area contributed by atoms with Gasteiger partial charge in [0.25, 0.3) is 0 Å². The summed E-state index contributed by atoms with van der Waals surface area (Å²) in [5.74, 6) is 0. The molecular formula is C20H23N5O. The fraction of sp³-hybridized carbons (Fsp3) is 0.350. The second kappa shape index (κ2) is 6.78. The Labute approximate surface area is 152 Å². The van der Waals surface area contributed by atoms with Crippen molar-refractivity contribution in [1.82, 2.24) is 19.4 Å². The number of amides is 2. The number of aromatic nitrogens is 3. The fourth-order valence-electron chi connectivity index (χ4n) is 3.73. The molecule has 0 aliphatic carbocycles. The summed E-state index contributed by atoms with van der Waals surface area (Å²) in [7, 11) is 0. The normalized spacial score (nSPS) is 15.4. The van der Waals surface area contributed by atoms with Gasteiger partial charge in [0.1, 0.15) is 5.52 Å². The largest absolute Gasteiger partial charge is 0.324 e. The maximum Gasteiger partial charge on any atom is 0.321 e. The van der Waals surface area contributed by atoms with Crippen LogP contribution in [-0.2, 0) is 0 Å². The van der Waals surface area contributed by atoms with Crippen LogP contribution in [0.5, 0.6) is 0 Å². The van der Waals surface area contributed by atoms with E-state index in [0.29, 0.717) is 6.04 Å². The molecule has 0 bridgehead atoms. The molecule has 1 aliphatic heterocycles. The molecule has 4 rings (SSSR count). The predicted molar refractivity (Wildman–Crippen MR) is 102 cm³/mol. The van der Waals surface area contributed by atoms with Gasteiger partial charge in [-0.1, -0.05) is 6.07 Å². The highest BCUT2D eigenvalue weighted by molar-refractivity contribution is 5.89. The van der Waals surface area contributed by atoms with Crippen LogP contribution in [-0.4, -0.2) is 38.6 Å². The summed E-state index contributed by atoms with van der Waals surface area (Å²) in [6, 6.07) is 10.3. The van der Waals surface area contributed by atoms with Crippen LogP contribution < -0.4 is 5.32 Å². The quantitative estimate of drug-likeness (QED) is 0.763. The lowest BCUT2D eigenvalue weighted by Crippen LogP contribution is -2.41. The number of fused-ring (bicyclic) bond motifs is 1. The number of aryl methyl sites for hydroxylation is 2. The van der Waals surface area contributed by atoms with Gasteiger partial charge >= 0.3 is 6.03 Å². The first kappa shape index (κ1) is 16.6. The van der Waals surface area contributed by atoms with Gasteiger partial charge in [-0.05, 0) is 62.1 Å². The molecule has 1 fully saturated rings. The zero-order valence-corrected chi connectivity index (χ0v) is 15.1. The van der Waals surface area contributed by atoms with Gasteiger partial charge in [-0.3, -0.25) is 0 Å². The number of anilines is 1. The van der Waals surface area contributed by atoms with Gasteiger partial charge in [0, 0.05) is 31.0 Å². The zero-order valence-electron chi connectivity index (χ0n) is 15.1. The van der Waals surface area contributed by atoms with Crippen molar-refractivity contribution in [3.8, 4) is 0 Å². The second-order valence-electron chi connectivity index (χ2n) is 7.02. The van der Waals surface area contributed by atoms with Crippen LogP contribution in [0.4, 0.5) is 10.5 Å². The van der Waals surface area contributed by atoms with E-state index in [4.69, 9.17) is 0 Å². The number of carbonyl (C=O) groups excluding carboxylic acids is 1. The first-order chi connectivity index (χ1) is 12.6. The topological polar surface area (TPSA) is 63.1 Å². The van der Waals surface area contributed by atoms with Gasteiger partial charge < -0.3 is 14.8 Å². The molecule has 6 heteroatoms. The van der Waals surface area contributed by atoms with Gasteiger partial charge in [-0.25, -0.2) is 14.8 Å². The van der Waals surface area contributed by atoms with E-state index in [2.05, 4.69) is 25.9 Å². The summed E-state index contributed by atoms with van der Waals surface area (Å²) < 4.78 is 2.15. The van der Waals surface area contributed by atoms with Crippen molar-refractivity contribution in [2.45, 2.75) is 32.7 Å². The summed E-state index contributed by atoms with van der Waals surface area (Å²) in [5.41, 5.74) is 5.00. The number of benzene rings is 1. The molecule has 1 aliphatic rings. The lowest BCUT2D eigenvalue weighted by molar-refractivity contribution is 0.184. The molecule has 0 radical (unpaired) electrons. The standard InChI is InChI=1S/C20H23N5O/c1-14-10-15(2)12-16(11-14)23-20(26)24-8-5-17(6-9-24)25-13-22-18-4-3-7-21-19(18)25/h3-4,7,10-13,17H,5-6,8-9H2,1-2H3,(H,23,26). The van der Waals surface area contributed by atoms with Crippen LogP contribution in [0.15, 0.2) is 42.9 Å². The van der Waals surface area contributed by atoms with Crippen molar-refractivity contribution in [1.29, 1.82) is 0 Å². The molecule has 1 aromatic carbocycles. The summed E-state index contributed by atoms with van der Waals surface area (Å²) in [4.78, 5) is 23.3. The Morgan fingerprint density at radius 1 is 1.12 bits per heavy atom. The molecule has 3 heterocycles. The van der Waals surface area contributed by atoms with Crippen molar-refractivity contribution in [2.75, 3.05) is 18.4 Å². The Kier molecular flexibility index (Phi) is 4.32. The number of nitrogens with zero attached hydrogens (tertiary/aromatic N) is 4. The number of pyridine rings is 1. The summed E-state index contributed by atoms with van der Waals surface area (Å²) >= 11 is 0. The van der Waals surface area contributed by atoms with Crippen LogP contribution in [0.2, 0.25) is 0 Å². The van der Waals surface area contributed by atoms with Crippen LogP contribution in [0.3, 0.4) is 0 Å². The van der Waals surface area contributed by atoms with Crippen molar-refractivity contribution >= 4 is 22.9 Å². The van der Waals surface area contributed by atoms with E-state index in [0.717, 1.165) is 53.9 Å². The number of hydrogen-bond acceptors (Lipinski definition) is 3. The monoisotopic (exact) mass is 349 g/mol. The average molecular weight is 349 g/mol. The number of urea groups is 1. The maximum absolute atomic E-state index is 12.6. The number of rotatable bonds is 2. The third-order valence-electron chi connectivity index (χ3n) is 4.95. The molecule has 1 N–H and O–H groups in total. The Balaban J connectivity index is 1.41. The van der Waals surface area contributed by atoms with Crippen molar-refractivity contribution in [3.63, 3.8) is 0 Å². The second-order valence-corrected chi connectivity index (χ2v) is 7.02. The molecule has 2 aromatic heterocycles. The third kappa shape index (κ3) is 3.27. The highest BCUT2D eigenvalue weighted by Gasteiger charge is 2.25. The number of likely N-dealkylation sites (tertiary alicyclic amines) is 1. The van der Waals surface area contributed by atoms with Gasteiger partial charge in [0.2, 0.25) is 0 Å². The van der Waals surface area contributed by atoms with Crippen LogP contribution in [0.1, 0.15) is 30.0 Å². The Hall–Kier alpha value is -2.89. The molecule has 0 spiro atoms. The molecule has 26 heavy (non-hydrogen) atoms. The highest BCUT2D eigenvalue weighted by Crippen LogP contribution is 2.26. The van der Waals surface area contributed by atoms with Gasteiger partial charge in [-0.2, -0.15) is 0 Å². The van der Waals surface area contributed by atoms with E-state index in [1.807, 2.05) is 49.3 Å². The zero-order chi connectivity index (χ0) is 18.1. The molecule has 6 nitrogen and oxygen atoms in total. The Bertz CT molecular complexity index is 920. The number of imidazole rings is 1. The average Bonchev–Trinajstić information content (AvgIpc) is 3.05. The summed E-state index contributed by atoms with van der Waals surface area (Å²) in [6.07, 6.45) is 5.48. The summed E-state index contributed by atoms with van der Waals surface area (Å²) in [6.45, 7) is 5.54. The lowest BCUT2D eigenvalue weighted by atomic mass is 10.1. The minimum Gasteiger partial charge on any atom is -0.324 e. The molecule has 134 valence electrons. The van der Waals surface area contributed by atoms with Crippen molar-refractivity contribution < 1.29 is 4.79 Å². The first-order valence-corrected chi connectivity index (χ1v) is 9.02. The maximum atomic E-state index is 12.6. The first-order valence-electron chi connectivity index (χ1n) is 9.02. The smallest absolute Gasteiger partial charge is 0.321 e. The molecule has 1 saturated heterocycles. The predicted octanol–water partition coefficient (Wildman–Crippen LogP) is 3.92. The minimum absolute atomic E-state index is 0.0259. The van der Waals surface area contributed by atoms with E-state index in [1.54, 1.807) is 6.20 Å². The van der Waals surface area contributed by atoms with E-state index >= 15 is 0 Å². The summed E-state index contributed by atoms with van der Waals surface area (Å²) in [5, 5.41) is 3.03. The van der Waals surface area contributed by atoms with E-state index in [1.165, 1.54) is 0 Å².